The number of benzene rings is 7. The zero-order valence-electron chi connectivity index (χ0n) is 27.7. The number of aromatic nitrogens is 2. The highest BCUT2D eigenvalue weighted by atomic mass is 15.1. The van der Waals surface area contributed by atoms with Crippen molar-refractivity contribution in [2.75, 3.05) is 4.90 Å². The molecule has 0 aliphatic carbocycles. The second kappa shape index (κ2) is 12.5. The van der Waals surface area contributed by atoms with Crippen molar-refractivity contribution in [1.29, 1.82) is 10.8 Å². The Labute approximate surface area is 295 Å². The minimum absolute atomic E-state index is 0.326. The van der Waals surface area contributed by atoms with E-state index in [1.807, 2.05) is 28.8 Å². The van der Waals surface area contributed by atoms with E-state index in [0.29, 0.717) is 5.84 Å². The Balaban J connectivity index is 1.15. The highest BCUT2D eigenvalue weighted by Crippen LogP contribution is 2.39. The summed E-state index contributed by atoms with van der Waals surface area (Å²) in [6, 6.07) is 59.9. The van der Waals surface area contributed by atoms with Gasteiger partial charge in [-0.05, 0) is 108 Å². The maximum absolute atomic E-state index is 8.75. The highest BCUT2D eigenvalue weighted by molar-refractivity contribution is 6.17. The van der Waals surface area contributed by atoms with Crippen LogP contribution in [0.4, 0.5) is 17.1 Å². The van der Waals surface area contributed by atoms with Crippen LogP contribution in [0.1, 0.15) is 0 Å². The zero-order valence-corrected chi connectivity index (χ0v) is 27.7. The van der Waals surface area contributed by atoms with Gasteiger partial charge >= 0.3 is 0 Å². The molecule has 0 fully saturated rings. The van der Waals surface area contributed by atoms with Gasteiger partial charge in [-0.25, -0.2) is 0 Å². The zero-order chi connectivity index (χ0) is 34.3. The molecule has 0 radical (unpaired) electrons. The van der Waals surface area contributed by atoms with Gasteiger partial charge < -0.3 is 14.9 Å². The van der Waals surface area contributed by atoms with Gasteiger partial charge in [-0.3, -0.25) is 9.98 Å². The molecular formula is C46H33N5. The van der Waals surface area contributed by atoms with E-state index in [4.69, 9.17) is 10.8 Å². The van der Waals surface area contributed by atoms with Crippen LogP contribution in [0.5, 0.6) is 0 Å². The highest BCUT2D eigenvalue weighted by Gasteiger charge is 2.17. The molecule has 2 heterocycles. The molecule has 0 saturated heterocycles. The normalized spacial score (nSPS) is 11.6. The Bertz CT molecular complexity index is 2730. The van der Waals surface area contributed by atoms with Crippen LogP contribution in [-0.2, 0) is 0 Å². The van der Waals surface area contributed by atoms with Gasteiger partial charge in [0.15, 0.2) is 0 Å². The third-order valence-electron chi connectivity index (χ3n) is 9.66. The third kappa shape index (κ3) is 5.11. The summed E-state index contributed by atoms with van der Waals surface area (Å²) in [4.78, 5) is 2.28. The Kier molecular flexibility index (Phi) is 7.37. The first-order chi connectivity index (χ1) is 25.2. The molecule has 0 spiro atoms. The molecule has 2 N–H and O–H groups in total. The first-order valence-electron chi connectivity index (χ1n) is 17.0. The Morgan fingerprint density at radius 3 is 1.57 bits per heavy atom. The number of hydrogen-bond donors (Lipinski definition) is 2. The van der Waals surface area contributed by atoms with Crippen LogP contribution in [0.15, 0.2) is 182 Å². The van der Waals surface area contributed by atoms with Crippen LogP contribution >= 0.6 is 0 Å². The topological polar surface area (TPSA) is 60.8 Å². The predicted octanol–water partition coefficient (Wildman–Crippen LogP) is 12.1. The fourth-order valence-electron chi connectivity index (χ4n) is 7.41. The Morgan fingerprint density at radius 1 is 0.471 bits per heavy atom. The molecule has 5 heteroatoms. The van der Waals surface area contributed by atoms with Crippen LogP contribution in [0.25, 0.3) is 60.4 Å². The molecule has 9 aromatic rings. The van der Waals surface area contributed by atoms with Crippen LogP contribution < -0.4 is 4.90 Å². The van der Waals surface area contributed by atoms with E-state index in [9.17, 15) is 0 Å². The quantitative estimate of drug-likeness (QED) is 0.130. The van der Waals surface area contributed by atoms with Crippen molar-refractivity contribution in [2.45, 2.75) is 0 Å². The van der Waals surface area contributed by atoms with Crippen molar-refractivity contribution < 1.29 is 0 Å². The fraction of sp³-hybridized carbons (Fsp3) is 0. The summed E-state index contributed by atoms with van der Waals surface area (Å²) in [5.41, 5.74) is 10.9. The first kappa shape index (κ1) is 30.1. The van der Waals surface area contributed by atoms with Crippen molar-refractivity contribution in [3.8, 4) is 16.8 Å². The maximum Gasteiger partial charge on any atom is 0.129 e. The molecule has 51 heavy (non-hydrogen) atoms. The standard InChI is InChI=1S/C46H33N5/c47-29-11-20-46(48)51-43-19-10-8-17-39(43)41-31-33(22-28-45(41)51)32-21-27-44-40(30-32)38-16-7-9-18-42(38)50(44)37-25-23-36(24-26-37)49(34-12-3-1-4-13-34)35-14-5-2-6-15-35/h1-31,47-48H/b20-11-,47-29?,48-46?. The number of rotatable bonds is 7. The van der Waals surface area contributed by atoms with E-state index >= 15 is 0 Å². The molecule has 0 amide bonds. The van der Waals surface area contributed by atoms with Gasteiger partial charge in [-0.15, -0.1) is 0 Å². The van der Waals surface area contributed by atoms with Crippen molar-refractivity contribution in [3.05, 3.63) is 182 Å². The largest absolute Gasteiger partial charge is 0.311 e. The smallest absolute Gasteiger partial charge is 0.129 e. The van der Waals surface area contributed by atoms with Crippen LogP contribution in [-0.4, -0.2) is 21.2 Å². The summed E-state index contributed by atoms with van der Waals surface area (Å²) in [5.74, 6) is 0.326. The molecular weight excluding hydrogens is 623 g/mol. The molecule has 9 rings (SSSR count). The molecule has 2 aromatic heterocycles. The molecule has 5 nitrogen and oxygen atoms in total. The van der Waals surface area contributed by atoms with Gasteiger partial charge in [0.2, 0.25) is 0 Å². The lowest BCUT2D eigenvalue weighted by Gasteiger charge is -2.25. The van der Waals surface area contributed by atoms with Crippen LogP contribution in [0, 0.1) is 10.8 Å². The third-order valence-corrected chi connectivity index (χ3v) is 9.66. The van der Waals surface area contributed by atoms with Gasteiger partial charge in [0, 0.05) is 50.5 Å². The lowest BCUT2D eigenvalue weighted by Crippen LogP contribution is -2.09. The lowest BCUT2D eigenvalue weighted by molar-refractivity contribution is 1.17. The average Bonchev–Trinajstić information content (AvgIpc) is 3.70. The molecule has 0 aliphatic rings. The molecule has 0 saturated carbocycles. The van der Waals surface area contributed by atoms with E-state index in [0.717, 1.165) is 66.7 Å². The summed E-state index contributed by atoms with van der Waals surface area (Å²) in [6.45, 7) is 0. The van der Waals surface area contributed by atoms with Crippen molar-refractivity contribution in [1.82, 2.24) is 9.13 Å². The molecule has 242 valence electrons. The second-order valence-electron chi connectivity index (χ2n) is 12.6. The number of nitrogens with zero attached hydrogens (tertiary/aromatic N) is 3. The maximum atomic E-state index is 8.75. The number of hydrogen-bond acceptors (Lipinski definition) is 3. The van der Waals surface area contributed by atoms with Crippen LogP contribution in [0.3, 0.4) is 0 Å². The Morgan fingerprint density at radius 2 is 0.941 bits per heavy atom. The van der Waals surface area contributed by atoms with Crippen molar-refractivity contribution in [3.63, 3.8) is 0 Å². The number of allylic oxidation sites excluding steroid dienone is 2. The summed E-state index contributed by atoms with van der Waals surface area (Å²) in [7, 11) is 0. The van der Waals surface area contributed by atoms with Crippen LogP contribution in [0.2, 0.25) is 0 Å². The van der Waals surface area contributed by atoms with Crippen molar-refractivity contribution in [2.24, 2.45) is 0 Å². The van der Waals surface area contributed by atoms with Gasteiger partial charge in [-0.2, -0.15) is 0 Å². The predicted molar refractivity (Wildman–Crippen MR) is 215 cm³/mol. The number of nitrogens with one attached hydrogen (secondary N) is 2. The average molecular weight is 656 g/mol. The van der Waals surface area contributed by atoms with E-state index in [-0.39, 0.29) is 0 Å². The first-order valence-corrected chi connectivity index (χ1v) is 17.0. The van der Waals surface area contributed by atoms with Gasteiger partial charge in [0.1, 0.15) is 5.84 Å². The lowest BCUT2D eigenvalue weighted by atomic mass is 10.0. The minimum Gasteiger partial charge on any atom is -0.311 e. The SMILES string of the molecule is N=C/C=C\C(=N)n1c2ccccc2c2cc(-c3ccc4c(c3)c3ccccc3n4-c3ccc(N(c4ccccc4)c4ccccc4)cc3)ccc21. The van der Waals surface area contributed by atoms with E-state index in [1.165, 1.54) is 17.0 Å². The molecule has 0 unspecified atom stereocenters. The molecule has 0 aliphatic heterocycles. The fourth-order valence-corrected chi connectivity index (χ4v) is 7.41. The van der Waals surface area contributed by atoms with E-state index < -0.39 is 0 Å². The second-order valence-corrected chi connectivity index (χ2v) is 12.6. The van der Waals surface area contributed by atoms with Gasteiger partial charge in [-0.1, -0.05) is 84.9 Å². The van der Waals surface area contributed by atoms with Crippen molar-refractivity contribution >= 4 is 72.7 Å². The summed E-state index contributed by atoms with van der Waals surface area (Å²) in [6.07, 6.45) is 4.45. The summed E-state index contributed by atoms with van der Waals surface area (Å²) in [5, 5.41) is 20.7. The number of anilines is 3. The number of para-hydroxylation sites is 4. The van der Waals surface area contributed by atoms with Gasteiger partial charge in [0.25, 0.3) is 0 Å². The summed E-state index contributed by atoms with van der Waals surface area (Å²) < 4.78 is 4.31. The Hall–Kier alpha value is -6.98. The molecule has 0 bridgehead atoms. The summed E-state index contributed by atoms with van der Waals surface area (Å²) >= 11 is 0. The minimum atomic E-state index is 0.326. The molecule has 7 aromatic carbocycles. The number of fused-ring (bicyclic) bond motifs is 6. The van der Waals surface area contributed by atoms with E-state index in [1.54, 1.807) is 12.2 Å². The van der Waals surface area contributed by atoms with Gasteiger partial charge in [0.05, 0.1) is 22.1 Å². The van der Waals surface area contributed by atoms with E-state index in [2.05, 4.69) is 155 Å². The monoisotopic (exact) mass is 655 g/mol. The molecule has 0 atom stereocenters.